The number of nitrogen functional groups attached to an aromatic ring is 1. The Kier molecular flexibility index (Phi) is 2.10. The molecule has 0 amide bonds. The third-order valence-corrected chi connectivity index (χ3v) is 2.89. The van der Waals surface area contributed by atoms with E-state index < -0.39 is 0 Å². The van der Waals surface area contributed by atoms with Crippen LogP contribution in [0.25, 0.3) is 11.4 Å². The van der Waals surface area contributed by atoms with Gasteiger partial charge in [-0.1, -0.05) is 24.3 Å². The van der Waals surface area contributed by atoms with Gasteiger partial charge in [-0.2, -0.15) is 0 Å². The highest BCUT2D eigenvalue weighted by Gasteiger charge is 2.22. The van der Waals surface area contributed by atoms with Crippen molar-refractivity contribution in [2.45, 2.75) is 18.8 Å². The van der Waals surface area contributed by atoms with Crippen molar-refractivity contribution >= 4 is 5.69 Å². The van der Waals surface area contributed by atoms with Crippen molar-refractivity contribution < 1.29 is 0 Å². The number of hydrogen-bond acceptors (Lipinski definition) is 3. The van der Waals surface area contributed by atoms with Gasteiger partial charge in [0.25, 0.3) is 0 Å². The highest BCUT2D eigenvalue weighted by molar-refractivity contribution is 5.56. The van der Waals surface area contributed by atoms with Gasteiger partial charge in [0.1, 0.15) is 0 Å². The number of anilines is 1. The van der Waals surface area contributed by atoms with E-state index in [-0.39, 0.29) is 0 Å². The first-order valence-electron chi connectivity index (χ1n) is 5.51. The van der Waals surface area contributed by atoms with Crippen molar-refractivity contribution in [1.29, 1.82) is 0 Å². The fourth-order valence-corrected chi connectivity index (χ4v) is 1.81. The summed E-state index contributed by atoms with van der Waals surface area (Å²) in [6, 6.07) is 8.51. The zero-order valence-corrected chi connectivity index (χ0v) is 8.93. The van der Waals surface area contributed by atoms with Crippen LogP contribution in [0.15, 0.2) is 36.7 Å². The molecule has 3 nitrogen and oxygen atoms in total. The highest BCUT2D eigenvalue weighted by Crippen LogP contribution is 2.40. The molecule has 1 saturated carbocycles. The summed E-state index contributed by atoms with van der Waals surface area (Å²) in [4.78, 5) is 8.41. The van der Waals surface area contributed by atoms with Gasteiger partial charge < -0.3 is 5.73 Å². The number of benzene rings is 1. The fourth-order valence-electron chi connectivity index (χ4n) is 1.81. The second kappa shape index (κ2) is 3.59. The number of nitrogens with zero attached hydrogens (tertiary/aromatic N) is 2. The summed E-state index contributed by atoms with van der Waals surface area (Å²) in [6.45, 7) is 0. The van der Waals surface area contributed by atoms with Crippen LogP contribution in [0.3, 0.4) is 0 Å². The van der Waals surface area contributed by atoms with Gasteiger partial charge >= 0.3 is 0 Å². The molecule has 1 aliphatic carbocycles. The molecule has 1 heterocycles. The minimum absolute atomic E-state index is 0.596. The zero-order chi connectivity index (χ0) is 11.0. The van der Waals surface area contributed by atoms with Crippen LogP contribution >= 0.6 is 0 Å². The largest absolute Gasteiger partial charge is 0.396 e. The molecule has 1 aromatic heterocycles. The summed E-state index contributed by atoms with van der Waals surface area (Å²) in [5.74, 6) is 1.53. The van der Waals surface area contributed by atoms with E-state index in [1.807, 2.05) is 0 Å². The molecule has 0 saturated heterocycles. The van der Waals surface area contributed by atoms with E-state index in [9.17, 15) is 0 Å². The molecular formula is C13H13N3. The maximum absolute atomic E-state index is 5.55. The third-order valence-electron chi connectivity index (χ3n) is 2.89. The van der Waals surface area contributed by atoms with Gasteiger partial charge in [0.15, 0.2) is 5.82 Å². The SMILES string of the molecule is Nc1cnc(-c2ccc(C3CC3)cc2)nc1. The van der Waals surface area contributed by atoms with Gasteiger partial charge in [-0.25, -0.2) is 9.97 Å². The molecule has 0 aliphatic heterocycles. The third kappa shape index (κ3) is 1.76. The topological polar surface area (TPSA) is 51.8 Å². The van der Waals surface area contributed by atoms with Crippen molar-refractivity contribution in [3.05, 3.63) is 42.2 Å². The van der Waals surface area contributed by atoms with Gasteiger partial charge in [0.2, 0.25) is 0 Å². The van der Waals surface area contributed by atoms with Crippen molar-refractivity contribution in [3.8, 4) is 11.4 Å². The van der Waals surface area contributed by atoms with Crippen LogP contribution < -0.4 is 5.73 Å². The molecule has 2 aromatic rings. The average Bonchev–Trinajstić information content (AvgIpc) is 3.14. The van der Waals surface area contributed by atoms with E-state index in [1.165, 1.54) is 18.4 Å². The molecule has 1 aliphatic rings. The summed E-state index contributed by atoms with van der Waals surface area (Å²) < 4.78 is 0. The molecule has 80 valence electrons. The van der Waals surface area contributed by atoms with E-state index in [1.54, 1.807) is 12.4 Å². The average molecular weight is 211 g/mol. The molecule has 0 radical (unpaired) electrons. The molecule has 0 atom stereocenters. The summed E-state index contributed by atoms with van der Waals surface area (Å²) in [7, 11) is 0. The molecule has 3 rings (SSSR count). The standard InChI is InChI=1S/C13H13N3/c14-12-7-15-13(16-8-12)11-5-3-10(4-6-11)9-1-2-9/h3-9H,1-2,14H2. The summed E-state index contributed by atoms with van der Waals surface area (Å²) in [5, 5.41) is 0. The van der Waals surface area contributed by atoms with Gasteiger partial charge in [-0.3, -0.25) is 0 Å². The molecule has 1 fully saturated rings. The Morgan fingerprint density at radius 3 is 2.19 bits per heavy atom. The Balaban J connectivity index is 1.91. The van der Waals surface area contributed by atoms with Gasteiger partial charge in [0, 0.05) is 5.56 Å². The van der Waals surface area contributed by atoms with E-state index in [4.69, 9.17) is 5.73 Å². The Morgan fingerprint density at radius 2 is 1.62 bits per heavy atom. The first-order chi connectivity index (χ1) is 7.83. The normalized spacial score (nSPS) is 15.0. The Labute approximate surface area is 94.4 Å². The highest BCUT2D eigenvalue weighted by atomic mass is 14.9. The van der Waals surface area contributed by atoms with E-state index >= 15 is 0 Å². The molecule has 0 bridgehead atoms. The van der Waals surface area contributed by atoms with Crippen LogP contribution in [-0.4, -0.2) is 9.97 Å². The Bertz CT molecular complexity index is 484. The van der Waals surface area contributed by atoms with Crippen LogP contribution in [0.2, 0.25) is 0 Å². The number of aromatic nitrogens is 2. The van der Waals surface area contributed by atoms with E-state index in [2.05, 4.69) is 34.2 Å². The fraction of sp³-hybridized carbons (Fsp3) is 0.231. The zero-order valence-electron chi connectivity index (χ0n) is 8.93. The second-order valence-electron chi connectivity index (χ2n) is 4.24. The molecule has 0 spiro atoms. The molecule has 0 unspecified atom stereocenters. The van der Waals surface area contributed by atoms with Crippen LogP contribution in [0.1, 0.15) is 24.3 Å². The number of rotatable bonds is 2. The first-order valence-corrected chi connectivity index (χ1v) is 5.51. The smallest absolute Gasteiger partial charge is 0.159 e. The summed E-state index contributed by atoms with van der Waals surface area (Å²) in [6.07, 6.45) is 5.93. The van der Waals surface area contributed by atoms with Crippen LogP contribution in [0.4, 0.5) is 5.69 Å². The maximum atomic E-state index is 5.55. The molecular weight excluding hydrogens is 198 g/mol. The number of nitrogens with two attached hydrogens (primary N) is 1. The minimum atomic E-state index is 0.596. The predicted octanol–water partition coefficient (Wildman–Crippen LogP) is 2.60. The van der Waals surface area contributed by atoms with Crippen molar-refractivity contribution in [1.82, 2.24) is 9.97 Å². The van der Waals surface area contributed by atoms with Crippen molar-refractivity contribution in [2.75, 3.05) is 5.73 Å². The minimum Gasteiger partial charge on any atom is -0.396 e. The van der Waals surface area contributed by atoms with Gasteiger partial charge in [-0.05, 0) is 24.3 Å². The number of hydrogen-bond donors (Lipinski definition) is 1. The summed E-state index contributed by atoms with van der Waals surface area (Å²) >= 11 is 0. The summed E-state index contributed by atoms with van der Waals surface area (Å²) in [5.41, 5.74) is 8.62. The van der Waals surface area contributed by atoms with E-state index in [0.717, 1.165) is 17.3 Å². The van der Waals surface area contributed by atoms with Gasteiger partial charge in [-0.15, -0.1) is 0 Å². The molecule has 16 heavy (non-hydrogen) atoms. The van der Waals surface area contributed by atoms with Crippen LogP contribution in [0, 0.1) is 0 Å². The first kappa shape index (κ1) is 9.33. The van der Waals surface area contributed by atoms with Crippen LogP contribution in [0.5, 0.6) is 0 Å². The lowest BCUT2D eigenvalue weighted by atomic mass is 10.1. The van der Waals surface area contributed by atoms with Gasteiger partial charge in [0.05, 0.1) is 18.1 Å². The lowest BCUT2D eigenvalue weighted by molar-refractivity contribution is 1.12. The lowest BCUT2D eigenvalue weighted by Crippen LogP contribution is -1.92. The van der Waals surface area contributed by atoms with Crippen molar-refractivity contribution in [3.63, 3.8) is 0 Å². The monoisotopic (exact) mass is 211 g/mol. The lowest BCUT2D eigenvalue weighted by Gasteiger charge is -2.02. The van der Waals surface area contributed by atoms with E-state index in [0.29, 0.717) is 5.69 Å². The van der Waals surface area contributed by atoms with Crippen LogP contribution in [-0.2, 0) is 0 Å². The maximum Gasteiger partial charge on any atom is 0.159 e. The molecule has 3 heteroatoms. The quantitative estimate of drug-likeness (QED) is 0.830. The Morgan fingerprint density at radius 1 is 1.00 bits per heavy atom. The Hall–Kier alpha value is -1.90. The predicted molar refractivity (Wildman–Crippen MR) is 63.9 cm³/mol. The second-order valence-corrected chi connectivity index (χ2v) is 4.24. The molecule has 2 N–H and O–H groups in total. The van der Waals surface area contributed by atoms with Crippen molar-refractivity contribution in [2.24, 2.45) is 0 Å². The molecule has 1 aromatic carbocycles.